The normalized spacial score (nSPS) is 14.8. The van der Waals surface area contributed by atoms with E-state index in [2.05, 4.69) is 9.55 Å². The Morgan fingerprint density at radius 1 is 1.09 bits per heavy atom. The Balaban J connectivity index is 1.63. The van der Waals surface area contributed by atoms with E-state index in [4.69, 9.17) is 38.0 Å². The zero-order chi connectivity index (χ0) is 24.5. The first-order valence-electron chi connectivity index (χ1n) is 11.6. The van der Waals surface area contributed by atoms with E-state index >= 15 is 0 Å². The number of halogens is 1. The molecule has 4 aromatic rings. The van der Waals surface area contributed by atoms with Gasteiger partial charge in [-0.05, 0) is 60.1 Å². The molecule has 184 valence electrons. The first-order chi connectivity index (χ1) is 17.0. The Hall–Kier alpha value is -2.78. The third kappa shape index (κ3) is 4.36. The summed E-state index contributed by atoms with van der Waals surface area (Å²) in [5.41, 5.74) is 5.01. The molecular formula is C26H28ClN3O4S. The summed E-state index contributed by atoms with van der Waals surface area (Å²) in [4.78, 5) is 3.61. The average Bonchev–Trinajstić information content (AvgIpc) is 3.33. The Kier molecular flexibility index (Phi) is 6.88. The second-order valence-corrected chi connectivity index (χ2v) is 9.42. The molecule has 1 aliphatic heterocycles. The van der Waals surface area contributed by atoms with Crippen molar-refractivity contribution in [1.29, 1.82) is 0 Å². The molecule has 5 rings (SSSR count). The summed E-state index contributed by atoms with van der Waals surface area (Å²) >= 11 is 12.3. The van der Waals surface area contributed by atoms with Gasteiger partial charge in [-0.3, -0.25) is 4.57 Å². The SMILES string of the molecule is COCCCn1c(O)c2n(c1=S)C(c1ccc(OCCOC)cc1)c1[nH]c3ccc(Cl)cc3c1C2. The van der Waals surface area contributed by atoms with Gasteiger partial charge in [0.05, 0.1) is 12.3 Å². The second-order valence-electron chi connectivity index (χ2n) is 8.62. The Morgan fingerprint density at radius 2 is 1.86 bits per heavy atom. The molecule has 0 amide bonds. The minimum atomic E-state index is -0.227. The number of H-pyrrole nitrogens is 1. The van der Waals surface area contributed by atoms with Gasteiger partial charge in [-0.15, -0.1) is 0 Å². The predicted molar refractivity (Wildman–Crippen MR) is 139 cm³/mol. The van der Waals surface area contributed by atoms with Crippen LogP contribution in [0.3, 0.4) is 0 Å². The van der Waals surface area contributed by atoms with E-state index in [0.717, 1.165) is 45.6 Å². The molecule has 9 heteroatoms. The van der Waals surface area contributed by atoms with E-state index in [-0.39, 0.29) is 11.9 Å². The molecule has 0 radical (unpaired) electrons. The summed E-state index contributed by atoms with van der Waals surface area (Å²) in [6, 6.07) is 13.6. The quantitative estimate of drug-likeness (QED) is 0.202. The maximum absolute atomic E-state index is 11.2. The fourth-order valence-electron chi connectivity index (χ4n) is 4.86. The average molecular weight is 514 g/mol. The number of aromatic hydroxyl groups is 1. The summed E-state index contributed by atoms with van der Waals surface area (Å²) in [6.45, 7) is 2.19. The Labute approximate surface area is 213 Å². The van der Waals surface area contributed by atoms with E-state index < -0.39 is 0 Å². The molecule has 1 unspecified atom stereocenters. The van der Waals surface area contributed by atoms with Crippen molar-refractivity contribution in [2.75, 3.05) is 34.0 Å². The van der Waals surface area contributed by atoms with Gasteiger partial charge >= 0.3 is 0 Å². The van der Waals surface area contributed by atoms with Crippen LogP contribution in [0.5, 0.6) is 11.6 Å². The molecule has 0 spiro atoms. The Morgan fingerprint density at radius 3 is 2.60 bits per heavy atom. The molecule has 1 aliphatic rings. The number of imidazole rings is 1. The zero-order valence-electron chi connectivity index (χ0n) is 19.7. The first-order valence-corrected chi connectivity index (χ1v) is 12.4. The molecule has 2 aromatic heterocycles. The number of rotatable bonds is 9. The number of hydrogen-bond donors (Lipinski definition) is 2. The number of nitrogens with zero attached hydrogens (tertiary/aromatic N) is 2. The van der Waals surface area contributed by atoms with Crippen molar-refractivity contribution in [2.24, 2.45) is 0 Å². The standard InChI is InChI=1S/C26H28ClN3O4S/c1-32-11-3-10-29-25(31)22-15-20-19-14-17(27)6-9-21(19)28-23(20)24(30(22)26(29)35)16-4-7-18(8-5-16)34-13-12-33-2/h4-9,14,24,28,31H,3,10-13,15H2,1-2H3. The van der Waals surface area contributed by atoms with Crippen LogP contribution < -0.4 is 4.74 Å². The lowest BCUT2D eigenvalue weighted by Gasteiger charge is -2.27. The van der Waals surface area contributed by atoms with E-state index in [1.54, 1.807) is 18.8 Å². The molecule has 0 fully saturated rings. The van der Waals surface area contributed by atoms with Crippen LogP contribution >= 0.6 is 23.8 Å². The molecule has 0 saturated heterocycles. The van der Waals surface area contributed by atoms with E-state index in [0.29, 0.717) is 42.6 Å². The zero-order valence-corrected chi connectivity index (χ0v) is 21.3. The van der Waals surface area contributed by atoms with E-state index in [9.17, 15) is 5.11 Å². The van der Waals surface area contributed by atoms with Gasteiger partial charge in [0.2, 0.25) is 5.88 Å². The molecule has 1 atom stereocenters. The number of aromatic amines is 1. The predicted octanol–water partition coefficient (Wildman–Crippen LogP) is 5.46. The summed E-state index contributed by atoms with van der Waals surface area (Å²) in [5.74, 6) is 0.978. The smallest absolute Gasteiger partial charge is 0.213 e. The van der Waals surface area contributed by atoms with Crippen molar-refractivity contribution in [2.45, 2.75) is 25.4 Å². The van der Waals surface area contributed by atoms with Crippen molar-refractivity contribution >= 4 is 34.7 Å². The van der Waals surface area contributed by atoms with E-state index in [1.807, 2.05) is 42.5 Å². The maximum Gasteiger partial charge on any atom is 0.213 e. The van der Waals surface area contributed by atoms with Crippen LogP contribution in [0.4, 0.5) is 0 Å². The van der Waals surface area contributed by atoms with Gasteiger partial charge in [-0.2, -0.15) is 0 Å². The van der Waals surface area contributed by atoms with Crippen LogP contribution in [0.15, 0.2) is 42.5 Å². The molecule has 0 saturated carbocycles. The van der Waals surface area contributed by atoms with Crippen molar-refractivity contribution in [3.05, 3.63) is 74.8 Å². The second kappa shape index (κ2) is 10.1. The molecule has 2 N–H and O–H groups in total. The summed E-state index contributed by atoms with van der Waals surface area (Å²) in [7, 11) is 3.32. The van der Waals surface area contributed by atoms with Gasteiger partial charge < -0.3 is 28.9 Å². The number of methoxy groups -OCH3 is 2. The fourth-order valence-corrected chi connectivity index (χ4v) is 5.43. The van der Waals surface area contributed by atoms with Crippen LogP contribution in [0, 0.1) is 4.77 Å². The molecule has 0 aliphatic carbocycles. The molecule has 0 bridgehead atoms. The number of hydrogen-bond acceptors (Lipinski definition) is 5. The summed E-state index contributed by atoms with van der Waals surface area (Å²) in [5, 5.41) is 13.0. The highest BCUT2D eigenvalue weighted by molar-refractivity contribution is 7.71. The highest BCUT2D eigenvalue weighted by atomic mass is 35.5. The summed E-state index contributed by atoms with van der Waals surface area (Å²) < 4.78 is 20.5. The van der Waals surface area contributed by atoms with Crippen LogP contribution in [0.1, 0.15) is 35.0 Å². The van der Waals surface area contributed by atoms with Crippen LogP contribution in [-0.4, -0.2) is 53.3 Å². The molecule has 35 heavy (non-hydrogen) atoms. The van der Waals surface area contributed by atoms with Crippen LogP contribution in [0.2, 0.25) is 5.02 Å². The van der Waals surface area contributed by atoms with E-state index in [1.165, 1.54) is 0 Å². The van der Waals surface area contributed by atoms with Gasteiger partial charge in [0.25, 0.3) is 0 Å². The lowest BCUT2D eigenvalue weighted by Crippen LogP contribution is -2.22. The van der Waals surface area contributed by atoms with Gasteiger partial charge in [0, 0.05) is 55.4 Å². The fraction of sp³-hybridized carbons (Fsp3) is 0.346. The number of aromatic nitrogens is 3. The monoisotopic (exact) mass is 513 g/mol. The third-order valence-corrected chi connectivity index (χ3v) is 7.15. The number of fused-ring (bicyclic) bond motifs is 4. The van der Waals surface area contributed by atoms with Gasteiger partial charge in [-0.1, -0.05) is 23.7 Å². The highest BCUT2D eigenvalue weighted by Crippen LogP contribution is 2.43. The lowest BCUT2D eigenvalue weighted by molar-refractivity contribution is 0.146. The molecular weight excluding hydrogens is 486 g/mol. The van der Waals surface area contributed by atoms with Crippen molar-refractivity contribution in [3.8, 4) is 11.6 Å². The highest BCUT2D eigenvalue weighted by Gasteiger charge is 2.34. The minimum Gasteiger partial charge on any atom is -0.493 e. The number of nitrogens with one attached hydrogen (secondary N) is 1. The minimum absolute atomic E-state index is 0.206. The van der Waals surface area contributed by atoms with Crippen molar-refractivity contribution in [3.63, 3.8) is 0 Å². The lowest BCUT2D eigenvalue weighted by atomic mass is 9.93. The van der Waals surface area contributed by atoms with Crippen LogP contribution in [-0.2, 0) is 22.4 Å². The van der Waals surface area contributed by atoms with Gasteiger partial charge in [0.15, 0.2) is 4.77 Å². The number of benzene rings is 2. The molecule has 2 aromatic carbocycles. The topological polar surface area (TPSA) is 73.6 Å². The first kappa shape index (κ1) is 23.9. The van der Waals surface area contributed by atoms with Crippen molar-refractivity contribution < 1.29 is 19.3 Å². The molecule has 7 nitrogen and oxygen atoms in total. The van der Waals surface area contributed by atoms with Gasteiger partial charge in [0.1, 0.15) is 18.4 Å². The van der Waals surface area contributed by atoms with Gasteiger partial charge in [-0.25, -0.2) is 0 Å². The molecule has 3 heterocycles. The maximum atomic E-state index is 11.2. The third-order valence-electron chi connectivity index (χ3n) is 6.50. The summed E-state index contributed by atoms with van der Waals surface area (Å²) in [6.07, 6.45) is 1.31. The van der Waals surface area contributed by atoms with Crippen molar-refractivity contribution in [1.82, 2.24) is 14.1 Å². The number of ether oxygens (including phenoxy) is 3. The van der Waals surface area contributed by atoms with Crippen LogP contribution in [0.25, 0.3) is 10.9 Å². The largest absolute Gasteiger partial charge is 0.493 e. The Bertz CT molecular complexity index is 1410.